The zero-order valence-electron chi connectivity index (χ0n) is 16.5. The molecule has 31 heavy (non-hydrogen) atoms. The largest absolute Gasteiger partial charge is 0.454 e. The first-order valence-corrected chi connectivity index (χ1v) is 10.4. The average molecular weight is 436 g/mol. The van der Waals surface area contributed by atoms with Crippen molar-refractivity contribution in [1.29, 1.82) is 0 Å². The van der Waals surface area contributed by atoms with Crippen LogP contribution in [0.5, 0.6) is 11.5 Å². The lowest BCUT2D eigenvalue weighted by Gasteiger charge is -2.07. The molecule has 0 saturated carbocycles. The second-order valence-electron chi connectivity index (χ2n) is 7.02. The molecule has 2 aromatic carbocycles. The third kappa shape index (κ3) is 3.99. The second-order valence-corrected chi connectivity index (χ2v) is 7.85. The first-order chi connectivity index (χ1) is 15.0. The molecule has 156 valence electrons. The van der Waals surface area contributed by atoms with Crippen LogP contribution in [0.4, 0.5) is 10.2 Å². The lowest BCUT2D eigenvalue weighted by atomic mass is 10.1. The maximum Gasteiger partial charge on any atom is 0.231 e. The van der Waals surface area contributed by atoms with Crippen molar-refractivity contribution in [2.45, 2.75) is 13.3 Å². The van der Waals surface area contributed by atoms with Gasteiger partial charge in [0.05, 0.1) is 17.8 Å². The van der Waals surface area contributed by atoms with Gasteiger partial charge in [-0.1, -0.05) is 12.1 Å². The molecule has 1 aliphatic rings. The highest BCUT2D eigenvalue weighted by atomic mass is 32.1. The van der Waals surface area contributed by atoms with Crippen molar-refractivity contribution in [2.75, 3.05) is 12.1 Å². The Hall–Kier alpha value is -3.72. The first-order valence-electron chi connectivity index (χ1n) is 9.52. The number of carbonyl (C=O) groups is 1. The summed E-state index contributed by atoms with van der Waals surface area (Å²) in [6, 6.07) is 13.3. The van der Waals surface area contributed by atoms with Crippen LogP contribution in [0.2, 0.25) is 0 Å². The Kier molecular flexibility index (Phi) is 4.87. The number of aromatic nitrogens is 3. The van der Waals surface area contributed by atoms with Crippen LogP contribution in [-0.2, 0) is 11.2 Å². The molecule has 1 N–H and O–H groups in total. The lowest BCUT2D eigenvalue weighted by molar-refractivity contribution is -0.115. The minimum absolute atomic E-state index is 0.130. The summed E-state index contributed by atoms with van der Waals surface area (Å²) >= 11 is 1.42. The van der Waals surface area contributed by atoms with E-state index in [0.29, 0.717) is 22.4 Å². The van der Waals surface area contributed by atoms with Crippen LogP contribution in [0, 0.1) is 12.7 Å². The van der Waals surface area contributed by atoms with Gasteiger partial charge in [-0.05, 0) is 42.8 Å². The Morgan fingerprint density at radius 2 is 1.97 bits per heavy atom. The summed E-state index contributed by atoms with van der Waals surface area (Å²) in [4.78, 5) is 17.2. The zero-order chi connectivity index (χ0) is 21.4. The molecule has 0 fully saturated rings. The molecule has 1 amide bonds. The van der Waals surface area contributed by atoms with Crippen molar-refractivity contribution < 1.29 is 18.7 Å². The molecule has 0 spiro atoms. The molecule has 0 radical (unpaired) electrons. The number of nitrogens with one attached hydrogen (secondary N) is 1. The molecule has 0 bridgehead atoms. The minimum Gasteiger partial charge on any atom is -0.454 e. The molecular formula is C22H17FN4O3S. The number of fused-ring (bicyclic) bond motifs is 1. The van der Waals surface area contributed by atoms with Crippen LogP contribution in [0.1, 0.15) is 11.3 Å². The van der Waals surface area contributed by atoms with Gasteiger partial charge in [-0.25, -0.2) is 9.37 Å². The van der Waals surface area contributed by atoms with Crippen LogP contribution in [0.15, 0.2) is 53.9 Å². The molecule has 3 heterocycles. The molecule has 5 rings (SSSR count). The standard InChI is InChI=1S/C22H17FN4O3S/c1-13-8-20(25-21(28)9-14-2-5-16(23)6-3-14)27(26-13)22-24-17(11-31-22)15-4-7-18-19(10-15)30-12-29-18/h2-8,10-11H,9,12H2,1H3,(H,25,28). The van der Waals surface area contributed by atoms with E-state index in [0.717, 1.165) is 22.5 Å². The molecule has 1 aliphatic heterocycles. The van der Waals surface area contributed by atoms with Gasteiger partial charge < -0.3 is 14.8 Å². The van der Waals surface area contributed by atoms with Gasteiger partial charge in [-0.15, -0.1) is 11.3 Å². The van der Waals surface area contributed by atoms with Crippen LogP contribution >= 0.6 is 11.3 Å². The second kappa shape index (κ2) is 7.84. The molecule has 7 nitrogen and oxygen atoms in total. The summed E-state index contributed by atoms with van der Waals surface area (Å²) in [5.74, 6) is 1.38. The summed E-state index contributed by atoms with van der Waals surface area (Å²) in [6.45, 7) is 2.06. The maximum atomic E-state index is 13.1. The number of rotatable bonds is 5. The maximum absolute atomic E-state index is 13.1. The molecule has 4 aromatic rings. The Balaban J connectivity index is 1.37. The number of aryl methyl sites for hydroxylation is 1. The monoisotopic (exact) mass is 436 g/mol. The predicted octanol–water partition coefficient (Wildman–Crippen LogP) is 4.35. The van der Waals surface area contributed by atoms with E-state index in [2.05, 4.69) is 15.4 Å². The van der Waals surface area contributed by atoms with Gasteiger partial charge in [-0.2, -0.15) is 9.78 Å². The highest BCUT2D eigenvalue weighted by molar-refractivity contribution is 7.12. The highest BCUT2D eigenvalue weighted by Crippen LogP contribution is 2.36. The number of nitrogens with zero attached hydrogens (tertiary/aromatic N) is 3. The number of thiazole rings is 1. The number of benzene rings is 2. The molecule has 0 unspecified atom stereocenters. The lowest BCUT2D eigenvalue weighted by Crippen LogP contribution is -2.17. The van der Waals surface area contributed by atoms with Crippen LogP contribution in [0.25, 0.3) is 16.4 Å². The summed E-state index contributed by atoms with van der Waals surface area (Å²) in [5.41, 5.74) is 3.14. The van der Waals surface area contributed by atoms with Crippen molar-refractivity contribution in [3.63, 3.8) is 0 Å². The van der Waals surface area contributed by atoms with E-state index in [1.54, 1.807) is 22.9 Å². The van der Waals surface area contributed by atoms with Gasteiger partial charge in [0.25, 0.3) is 0 Å². The third-order valence-corrected chi connectivity index (χ3v) is 5.53. The molecule has 0 atom stereocenters. The Bertz CT molecular complexity index is 1270. The van der Waals surface area contributed by atoms with Gasteiger partial charge in [0.15, 0.2) is 11.5 Å². The normalized spacial score (nSPS) is 12.2. The van der Waals surface area contributed by atoms with E-state index < -0.39 is 0 Å². The summed E-state index contributed by atoms with van der Waals surface area (Å²) in [7, 11) is 0. The Morgan fingerprint density at radius 1 is 1.16 bits per heavy atom. The number of amides is 1. The van der Waals surface area contributed by atoms with Crippen LogP contribution in [-0.4, -0.2) is 27.5 Å². The highest BCUT2D eigenvalue weighted by Gasteiger charge is 2.17. The zero-order valence-corrected chi connectivity index (χ0v) is 17.3. The summed E-state index contributed by atoms with van der Waals surface area (Å²) in [5, 5.41) is 9.89. The van der Waals surface area contributed by atoms with E-state index in [9.17, 15) is 9.18 Å². The number of hydrogen-bond donors (Lipinski definition) is 1. The van der Waals surface area contributed by atoms with E-state index in [4.69, 9.17) is 9.47 Å². The number of anilines is 1. The van der Waals surface area contributed by atoms with E-state index >= 15 is 0 Å². The summed E-state index contributed by atoms with van der Waals surface area (Å²) in [6.07, 6.45) is 0.130. The molecule has 0 aliphatic carbocycles. The van der Waals surface area contributed by atoms with Crippen LogP contribution in [0.3, 0.4) is 0 Å². The van der Waals surface area contributed by atoms with Crippen molar-refractivity contribution in [3.05, 3.63) is 71.0 Å². The fraction of sp³-hybridized carbons (Fsp3) is 0.136. The van der Waals surface area contributed by atoms with E-state index in [-0.39, 0.29) is 24.9 Å². The number of halogens is 1. The van der Waals surface area contributed by atoms with Gasteiger partial charge >= 0.3 is 0 Å². The molecule has 2 aromatic heterocycles. The smallest absolute Gasteiger partial charge is 0.231 e. The number of carbonyl (C=O) groups excluding carboxylic acids is 1. The SMILES string of the molecule is Cc1cc(NC(=O)Cc2ccc(F)cc2)n(-c2nc(-c3ccc4c(c3)OCO4)cs2)n1. The number of ether oxygens (including phenoxy) is 2. The fourth-order valence-corrected chi connectivity index (χ4v) is 4.05. The average Bonchev–Trinajstić information content (AvgIpc) is 3.48. The minimum atomic E-state index is -0.333. The quantitative estimate of drug-likeness (QED) is 0.503. The van der Waals surface area contributed by atoms with Crippen molar-refractivity contribution in [2.24, 2.45) is 0 Å². The third-order valence-electron chi connectivity index (χ3n) is 4.72. The predicted molar refractivity (Wildman–Crippen MR) is 114 cm³/mol. The van der Waals surface area contributed by atoms with Crippen molar-refractivity contribution >= 4 is 23.1 Å². The van der Waals surface area contributed by atoms with Crippen molar-refractivity contribution in [3.8, 4) is 27.9 Å². The Morgan fingerprint density at radius 3 is 2.81 bits per heavy atom. The molecular weight excluding hydrogens is 419 g/mol. The van der Waals surface area contributed by atoms with Gasteiger partial charge in [-0.3, -0.25) is 4.79 Å². The van der Waals surface area contributed by atoms with Crippen LogP contribution < -0.4 is 14.8 Å². The topological polar surface area (TPSA) is 78.3 Å². The fourth-order valence-electron chi connectivity index (χ4n) is 3.26. The van der Waals surface area contributed by atoms with Gasteiger partial charge in [0, 0.05) is 17.0 Å². The van der Waals surface area contributed by atoms with Gasteiger partial charge in [0.1, 0.15) is 11.6 Å². The summed E-state index contributed by atoms with van der Waals surface area (Å²) < 4.78 is 25.5. The molecule has 0 saturated heterocycles. The van der Waals surface area contributed by atoms with E-state index in [1.807, 2.05) is 30.5 Å². The number of hydrogen-bond acceptors (Lipinski definition) is 6. The van der Waals surface area contributed by atoms with Crippen molar-refractivity contribution in [1.82, 2.24) is 14.8 Å². The molecule has 9 heteroatoms. The van der Waals surface area contributed by atoms with E-state index in [1.165, 1.54) is 23.5 Å². The first kappa shape index (κ1) is 19.3. The van der Waals surface area contributed by atoms with Gasteiger partial charge in [0.2, 0.25) is 17.8 Å². The Labute approximate surface area is 181 Å².